The maximum absolute atomic E-state index is 12.3. The fraction of sp³-hybridized carbons (Fsp3) is 0. The van der Waals surface area contributed by atoms with E-state index < -0.39 is 10.0 Å². The summed E-state index contributed by atoms with van der Waals surface area (Å²) in [6.07, 6.45) is 0. The molecular formula is C15H10BrClN2O2S. The maximum Gasteiger partial charge on any atom is 0.263 e. The largest absolute Gasteiger partial charge is 0.263 e. The van der Waals surface area contributed by atoms with Crippen LogP contribution >= 0.6 is 27.5 Å². The molecule has 0 bridgehead atoms. The Hall–Kier alpha value is -1.63. The van der Waals surface area contributed by atoms with Crippen LogP contribution in [0.4, 0.5) is 5.82 Å². The molecule has 0 fully saturated rings. The standard InChI is InChI=1S/C15H10BrClN2O2S/c16-11-5-6-14-10(8-11)4-7-15(18-14)19-22(20,21)13-3-1-2-12(17)9-13/h1-9H,(H,18,19). The minimum absolute atomic E-state index is 0.0951. The van der Waals surface area contributed by atoms with E-state index in [1.807, 2.05) is 24.3 Å². The molecule has 0 amide bonds. The van der Waals surface area contributed by atoms with Gasteiger partial charge >= 0.3 is 0 Å². The zero-order valence-corrected chi connectivity index (χ0v) is 14.3. The van der Waals surface area contributed by atoms with Gasteiger partial charge in [-0.15, -0.1) is 0 Å². The molecule has 112 valence electrons. The van der Waals surface area contributed by atoms with Crippen LogP contribution in [0.15, 0.2) is 64.0 Å². The summed E-state index contributed by atoms with van der Waals surface area (Å²) in [5.74, 6) is 0.259. The summed E-state index contributed by atoms with van der Waals surface area (Å²) in [7, 11) is -3.72. The topological polar surface area (TPSA) is 59.1 Å². The Morgan fingerprint density at radius 1 is 1.05 bits per heavy atom. The molecule has 1 N–H and O–H groups in total. The van der Waals surface area contributed by atoms with E-state index >= 15 is 0 Å². The Morgan fingerprint density at radius 3 is 2.64 bits per heavy atom. The molecule has 0 saturated heterocycles. The first-order valence-corrected chi connectivity index (χ1v) is 8.94. The number of sulfonamides is 1. The summed E-state index contributed by atoms with van der Waals surface area (Å²) in [5.41, 5.74) is 0.703. The summed E-state index contributed by atoms with van der Waals surface area (Å²) in [6, 6.07) is 15.1. The highest BCUT2D eigenvalue weighted by atomic mass is 79.9. The van der Waals surface area contributed by atoms with Crippen LogP contribution in [0.5, 0.6) is 0 Å². The number of nitrogens with zero attached hydrogens (tertiary/aromatic N) is 1. The average molecular weight is 398 g/mol. The lowest BCUT2D eigenvalue weighted by Crippen LogP contribution is -2.13. The van der Waals surface area contributed by atoms with Crippen molar-refractivity contribution in [2.75, 3.05) is 4.72 Å². The summed E-state index contributed by atoms with van der Waals surface area (Å²) in [6.45, 7) is 0. The molecule has 0 aliphatic heterocycles. The number of halogens is 2. The van der Waals surface area contributed by atoms with Crippen LogP contribution in [0.3, 0.4) is 0 Å². The van der Waals surface area contributed by atoms with Gasteiger partial charge in [0.25, 0.3) is 10.0 Å². The molecule has 0 aliphatic rings. The Bertz CT molecular complexity index is 961. The first kappa shape index (κ1) is 15.3. The van der Waals surface area contributed by atoms with Gasteiger partial charge in [0.05, 0.1) is 10.4 Å². The van der Waals surface area contributed by atoms with Gasteiger partial charge in [-0.1, -0.05) is 33.6 Å². The van der Waals surface area contributed by atoms with E-state index in [2.05, 4.69) is 25.6 Å². The minimum atomic E-state index is -3.72. The zero-order valence-electron chi connectivity index (χ0n) is 11.1. The van der Waals surface area contributed by atoms with Crippen molar-refractivity contribution in [2.24, 2.45) is 0 Å². The Morgan fingerprint density at radius 2 is 1.86 bits per heavy atom. The molecule has 3 aromatic rings. The summed E-state index contributed by atoms with van der Waals surface area (Å²) < 4.78 is 28.1. The number of fused-ring (bicyclic) bond motifs is 1. The molecule has 0 spiro atoms. The highest BCUT2D eigenvalue weighted by molar-refractivity contribution is 9.10. The molecule has 1 heterocycles. The van der Waals surface area contributed by atoms with Crippen LogP contribution in [0, 0.1) is 0 Å². The Balaban J connectivity index is 1.97. The number of anilines is 1. The third-order valence-corrected chi connectivity index (χ3v) is 5.08. The molecule has 4 nitrogen and oxygen atoms in total. The molecule has 1 aromatic heterocycles. The lowest BCUT2D eigenvalue weighted by molar-refractivity contribution is 0.601. The molecule has 3 rings (SSSR count). The lowest BCUT2D eigenvalue weighted by Gasteiger charge is -2.08. The SMILES string of the molecule is O=S(=O)(Nc1ccc2cc(Br)ccc2n1)c1cccc(Cl)c1. The Labute approximate surface area is 141 Å². The molecule has 0 radical (unpaired) electrons. The van der Waals surface area contributed by atoms with Gasteiger partial charge in [-0.2, -0.15) is 0 Å². The van der Waals surface area contributed by atoms with E-state index in [4.69, 9.17) is 11.6 Å². The molecule has 22 heavy (non-hydrogen) atoms. The fourth-order valence-electron chi connectivity index (χ4n) is 1.98. The molecule has 0 atom stereocenters. The smallest absolute Gasteiger partial charge is 0.263 e. The van der Waals surface area contributed by atoms with Crippen molar-refractivity contribution >= 4 is 54.3 Å². The second kappa shape index (κ2) is 5.87. The predicted octanol–water partition coefficient (Wildman–Crippen LogP) is 4.45. The summed E-state index contributed by atoms with van der Waals surface area (Å²) in [5, 5.41) is 1.28. The van der Waals surface area contributed by atoms with E-state index in [9.17, 15) is 8.42 Å². The van der Waals surface area contributed by atoms with Crippen molar-refractivity contribution in [3.05, 3.63) is 64.1 Å². The number of benzene rings is 2. The van der Waals surface area contributed by atoms with Gasteiger partial charge in [0, 0.05) is 14.9 Å². The van der Waals surface area contributed by atoms with Gasteiger partial charge in [-0.25, -0.2) is 13.4 Å². The number of aromatic nitrogens is 1. The number of nitrogens with one attached hydrogen (secondary N) is 1. The van der Waals surface area contributed by atoms with E-state index in [1.54, 1.807) is 18.2 Å². The first-order chi connectivity index (χ1) is 10.4. The summed E-state index contributed by atoms with van der Waals surface area (Å²) >= 11 is 9.22. The second-order valence-corrected chi connectivity index (χ2v) is 7.63. The van der Waals surface area contributed by atoms with E-state index in [-0.39, 0.29) is 10.7 Å². The van der Waals surface area contributed by atoms with Crippen LogP contribution < -0.4 is 4.72 Å². The van der Waals surface area contributed by atoms with Gasteiger partial charge in [0.2, 0.25) is 0 Å². The number of hydrogen-bond acceptors (Lipinski definition) is 3. The fourth-order valence-corrected chi connectivity index (χ4v) is 3.66. The molecule has 7 heteroatoms. The van der Waals surface area contributed by atoms with Gasteiger partial charge in [0.1, 0.15) is 5.82 Å². The normalized spacial score (nSPS) is 11.5. The van der Waals surface area contributed by atoms with Crippen LogP contribution in [-0.4, -0.2) is 13.4 Å². The van der Waals surface area contributed by atoms with Crippen LogP contribution in [0.25, 0.3) is 10.9 Å². The van der Waals surface area contributed by atoms with E-state index in [0.717, 1.165) is 9.86 Å². The van der Waals surface area contributed by atoms with Gasteiger partial charge in [-0.05, 0) is 48.5 Å². The van der Waals surface area contributed by atoms with Gasteiger partial charge in [0.15, 0.2) is 0 Å². The molecule has 2 aromatic carbocycles. The lowest BCUT2D eigenvalue weighted by atomic mass is 10.2. The third-order valence-electron chi connectivity index (χ3n) is 3.00. The monoisotopic (exact) mass is 396 g/mol. The zero-order chi connectivity index (χ0) is 15.7. The van der Waals surface area contributed by atoms with Crippen molar-refractivity contribution < 1.29 is 8.42 Å². The maximum atomic E-state index is 12.3. The average Bonchev–Trinajstić information content (AvgIpc) is 2.47. The number of pyridine rings is 1. The molecular weight excluding hydrogens is 388 g/mol. The number of rotatable bonds is 3. The minimum Gasteiger partial charge on any atom is -0.263 e. The number of hydrogen-bond donors (Lipinski definition) is 1. The van der Waals surface area contributed by atoms with Crippen LogP contribution in [-0.2, 0) is 10.0 Å². The van der Waals surface area contributed by atoms with Gasteiger partial charge in [-0.3, -0.25) is 4.72 Å². The first-order valence-electron chi connectivity index (χ1n) is 6.29. The predicted molar refractivity (Wildman–Crippen MR) is 91.7 cm³/mol. The third kappa shape index (κ3) is 3.24. The molecule has 0 unspecified atom stereocenters. The van der Waals surface area contributed by atoms with E-state index in [0.29, 0.717) is 10.5 Å². The van der Waals surface area contributed by atoms with Crippen molar-refractivity contribution in [3.63, 3.8) is 0 Å². The highest BCUT2D eigenvalue weighted by Gasteiger charge is 2.15. The Kier molecular flexibility index (Phi) is 4.08. The molecule has 0 saturated carbocycles. The van der Waals surface area contributed by atoms with Crippen LogP contribution in [0.1, 0.15) is 0 Å². The van der Waals surface area contributed by atoms with Crippen molar-refractivity contribution in [1.29, 1.82) is 0 Å². The van der Waals surface area contributed by atoms with Crippen molar-refractivity contribution in [2.45, 2.75) is 4.90 Å². The quantitative estimate of drug-likeness (QED) is 0.710. The van der Waals surface area contributed by atoms with E-state index in [1.165, 1.54) is 12.1 Å². The van der Waals surface area contributed by atoms with Crippen LogP contribution in [0.2, 0.25) is 5.02 Å². The highest BCUT2D eigenvalue weighted by Crippen LogP contribution is 2.22. The molecule has 0 aliphatic carbocycles. The van der Waals surface area contributed by atoms with Gasteiger partial charge < -0.3 is 0 Å². The second-order valence-electron chi connectivity index (χ2n) is 4.60. The summed E-state index contributed by atoms with van der Waals surface area (Å²) in [4.78, 5) is 4.40. The van der Waals surface area contributed by atoms with Crippen molar-refractivity contribution in [3.8, 4) is 0 Å². The van der Waals surface area contributed by atoms with Crippen molar-refractivity contribution in [1.82, 2.24) is 4.98 Å².